The molecule has 2 aliphatic heterocycles. The van der Waals surface area contributed by atoms with Crippen LogP contribution in [0, 0.1) is 5.82 Å². The van der Waals surface area contributed by atoms with E-state index in [-0.39, 0.29) is 16.3 Å². The molecule has 2 aliphatic rings. The summed E-state index contributed by atoms with van der Waals surface area (Å²) in [5.41, 5.74) is 3.46. The Balaban J connectivity index is 1.46. The minimum absolute atomic E-state index is 0.0627. The van der Waals surface area contributed by atoms with Crippen LogP contribution in [0.5, 0.6) is 5.75 Å². The molecule has 0 saturated carbocycles. The van der Waals surface area contributed by atoms with E-state index in [2.05, 4.69) is 21.8 Å². The van der Waals surface area contributed by atoms with Gasteiger partial charge in [-0.05, 0) is 68.8 Å². The van der Waals surface area contributed by atoms with Crippen LogP contribution in [0.15, 0.2) is 61.2 Å². The largest absolute Gasteiger partial charge is 0.507 e. The monoisotopic (exact) mass is 549 g/mol. The molecule has 7 nitrogen and oxygen atoms in total. The first-order valence-corrected chi connectivity index (χ1v) is 13.4. The molecule has 204 valence electrons. The van der Waals surface area contributed by atoms with Crippen molar-refractivity contribution in [2.45, 2.75) is 24.8 Å². The third-order valence-electron chi connectivity index (χ3n) is 7.93. The molecule has 1 amide bonds. The van der Waals surface area contributed by atoms with Crippen molar-refractivity contribution >= 4 is 29.4 Å². The summed E-state index contributed by atoms with van der Waals surface area (Å²) >= 11 is 6.53. The lowest BCUT2D eigenvalue weighted by molar-refractivity contribution is -0.106. The van der Waals surface area contributed by atoms with Gasteiger partial charge in [0.1, 0.15) is 11.6 Å². The van der Waals surface area contributed by atoms with Crippen molar-refractivity contribution in [3.8, 4) is 28.0 Å². The number of aromatic hydroxyl groups is 1. The normalized spacial score (nSPS) is 19.4. The first-order chi connectivity index (χ1) is 18.7. The Morgan fingerprint density at radius 2 is 1.82 bits per heavy atom. The molecule has 0 bridgehead atoms. The maximum atomic E-state index is 14.9. The van der Waals surface area contributed by atoms with Crippen LogP contribution in [0.4, 0.5) is 15.8 Å². The Bertz CT molecular complexity index is 1410. The Hall–Kier alpha value is -3.62. The summed E-state index contributed by atoms with van der Waals surface area (Å²) in [5.74, 6) is -0.549. The lowest BCUT2D eigenvalue weighted by atomic mass is 9.95. The lowest BCUT2D eigenvalue weighted by Crippen LogP contribution is -2.43. The van der Waals surface area contributed by atoms with Gasteiger partial charge in [-0.3, -0.25) is 19.6 Å². The van der Waals surface area contributed by atoms with E-state index < -0.39 is 5.82 Å². The molecule has 2 fully saturated rings. The minimum Gasteiger partial charge on any atom is -0.507 e. The smallest absolute Gasteiger partial charge is 0.218 e. The average molecular weight is 550 g/mol. The number of anilines is 2. The van der Waals surface area contributed by atoms with Crippen molar-refractivity contribution in [2.75, 3.05) is 50.6 Å². The fourth-order valence-corrected chi connectivity index (χ4v) is 5.99. The van der Waals surface area contributed by atoms with Crippen molar-refractivity contribution in [2.24, 2.45) is 0 Å². The molecule has 5 rings (SSSR count). The highest BCUT2D eigenvalue weighted by Gasteiger charge is 2.44. The molecule has 9 heteroatoms. The van der Waals surface area contributed by atoms with Crippen molar-refractivity contribution in [3.63, 3.8) is 0 Å². The van der Waals surface area contributed by atoms with E-state index in [4.69, 9.17) is 11.6 Å². The fourth-order valence-electron chi connectivity index (χ4n) is 5.71. The lowest BCUT2D eigenvalue weighted by Gasteiger charge is -2.32. The molecule has 3 aromatic rings. The highest BCUT2D eigenvalue weighted by molar-refractivity contribution is 6.34. The zero-order valence-corrected chi connectivity index (χ0v) is 23.2. The predicted octanol–water partition coefficient (Wildman–Crippen LogP) is 5.58. The molecule has 1 N–H and O–H groups in total. The van der Waals surface area contributed by atoms with Crippen molar-refractivity contribution in [1.29, 1.82) is 0 Å². The van der Waals surface area contributed by atoms with Gasteiger partial charge < -0.3 is 14.9 Å². The Morgan fingerprint density at radius 1 is 1.05 bits per heavy atom. The van der Waals surface area contributed by atoms with E-state index in [1.54, 1.807) is 41.7 Å². The van der Waals surface area contributed by atoms with Gasteiger partial charge in [0.15, 0.2) is 0 Å². The number of rotatable bonds is 7. The number of benzene rings is 2. The van der Waals surface area contributed by atoms with Crippen LogP contribution < -0.4 is 9.80 Å². The standard InChI is InChI=1S/C30H33ClFN5O2/c1-34(2)11-12-37(20-38)28-6-5-21(14-27(28)31)25-15-23(32)16-26(29(25)39)22-13-24(18-33-17-22)36-10-8-30(19-36)7-4-9-35(30)3/h5-6,11-18,20,39H,4,7-10,19H2,1-3H3/b12-11-. The zero-order valence-electron chi connectivity index (χ0n) is 22.4. The number of carbonyl (C=O) groups is 1. The Morgan fingerprint density at radius 3 is 2.49 bits per heavy atom. The molecular weight excluding hydrogens is 517 g/mol. The molecule has 2 aromatic carbocycles. The van der Waals surface area contributed by atoms with Crippen molar-refractivity contribution < 1.29 is 14.3 Å². The van der Waals surface area contributed by atoms with Crippen molar-refractivity contribution in [1.82, 2.24) is 14.8 Å². The van der Waals surface area contributed by atoms with E-state index in [0.717, 1.165) is 31.7 Å². The van der Waals surface area contributed by atoms with E-state index in [0.29, 0.717) is 34.4 Å². The quantitative estimate of drug-likeness (QED) is 0.388. The van der Waals surface area contributed by atoms with Gasteiger partial charge in [0, 0.05) is 68.0 Å². The van der Waals surface area contributed by atoms with E-state index in [9.17, 15) is 14.3 Å². The number of pyridine rings is 1. The van der Waals surface area contributed by atoms with Gasteiger partial charge in [0.05, 0.1) is 22.6 Å². The van der Waals surface area contributed by atoms with E-state index in [1.165, 1.54) is 29.9 Å². The number of likely N-dealkylation sites (N-methyl/N-ethyl adjacent to an activating group) is 1. The van der Waals surface area contributed by atoms with E-state index >= 15 is 0 Å². The number of phenolic OH excluding ortho intramolecular Hbond substituents is 1. The van der Waals surface area contributed by atoms with Crippen LogP contribution in [0.2, 0.25) is 5.02 Å². The van der Waals surface area contributed by atoms with Crippen LogP contribution >= 0.6 is 11.6 Å². The number of carbonyl (C=O) groups excluding carboxylic acids is 1. The molecule has 2 saturated heterocycles. The van der Waals surface area contributed by atoms with Gasteiger partial charge in [-0.2, -0.15) is 0 Å². The highest BCUT2D eigenvalue weighted by Crippen LogP contribution is 2.43. The number of aromatic nitrogens is 1. The molecule has 0 aliphatic carbocycles. The maximum Gasteiger partial charge on any atom is 0.218 e. The fraction of sp³-hybridized carbons (Fsp3) is 0.333. The number of hydrogen-bond donors (Lipinski definition) is 1. The molecular formula is C30H33ClFN5O2. The Kier molecular flexibility index (Phi) is 7.51. The molecule has 0 radical (unpaired) electrons. The van der Waals surface area contributed by atoms with Gasteiger partial charge in [-0.1, -0.05) is 17.7 Å². The number of hydrogen-bond acceptors (Lipinski definition) is 6. The summed E-state index contributed by atoms with van der Waals surface area (Å²) in [6.07, 6.45) is 11.0. The molecule has 1 aromatic heterocycles. The van der Waals surface area contributed by atoms with E-state index in [1.807, 2.05) is 26.4 Å². The van der Waals surface area contributed by atoms with Gasteiger partial charge in [-0.25, -0.2) is 4.39 Å². The molecule has 39 heavy (non-hydrogen) atoms. The number of halogens is 2. The maximum absolute atomic E-state index is 14.9. The Labute approximate surface area is 233 Å². The summed E-state index contributed by atoms with van der Waals surface area (Å²) in [6, 6.07) is 9.56. The average Bonchev–Trinajstić information content (AvgIpc) is 3.52. The first kappa shape index (κ1) is 27.0. The van der Waals surface area contributed by atoms with Gasteiger partial charge in [-0.15, -0.1) is 0 Å². The second kappa shape index (κ2) is 10.9. The summed E-state index contributed by atoms with van der Waals surface area (Å²) in [7, 11) is 5.89. The van der Waals surface area contributed by atoms with Crippen LogP contribution in [-0.4, -0.2) is 72.6 Å². The summed E-state index contributed by atoms with van der Waals surface area (Å²) in [5, 5.41) is 11.6. The number of amides is 1. The summed E-state index contributed by atoms with van der Waals surface area (Å²) in [6.45, 7) is 2.99. The van der Waals surface area contributed by atoms with Crippen LogP contribution in [0.3, 0.4) is 0 Å². The van der Waals surface area contributed by atoms with Crippen molar-refractivity contribution in [3.05, 3.63) is 72.0 Å². The summed E-state index contributed by atoms with van der Waals surface area (Å²) < 4.78 is 14.9. The second-order valence-corrected chi connectivity index (χ2v) is 11.1. The molecule has 1 unspecified atom stereocenters. The van der Waals surface area contributed by atoms with Gasteiger partial charge in [0.25, 0.3) is 0 Å². The zero-order chi connectivity index (χ0) is 27.7. The van der Waals surface area contributed by atoms with Crippen LogP contribution in [-0.2, 0) is 4.79 Å². The SMILES string of the molecule is CN(C)/C=C\N(C=O)c1ccc(-c2cc(F)cc(-c3cncc(N4CCC5(CCCN5C)C4)c3)c2O)cc1Cl. The van der Waals surface area contributed by atoms with Crippen LogP contribution in [0.25, 0.3) is 22.3 Å². The third kappa shape index (κ3) is 5.31. The summed E-state index contributed by atoms with van der Waals surface area (Å²) in [4.78, 5) is 24.0. The highest BCUT2D eigenvalue weighted by atomic mass is 35.5. The number of likely N-dealkylation sites (tertiary alicyclic amines) is 1. The topological polar surface area (TPSA) is 63.2 Å². The molecule has 1 spiro atoms. The second-order valence-electron chi connectivity index (χ2n) is 10.6. The molecule has 3 heterocycles. The predicted molar refractivity (Wildman–Crippen MR) is 155 cm³/mol. The van der Waals surface area contributed by atoms with Crippen LogP contribution in [0.1, 0.15) is 19.3 Å². The third-order valence-corrected chi connectivity index (χ3v) is 8.23. The number of phenols is 1. The van der Waals surface area contributed by atoms with Gasteiger partial charge in [0.2, 0.25) is 6.41 Å². The minimum atomic E-state index is -0.487. The number of nitrogens with zero attached hydrogens (tertiary/aromatic N) is 5. The first-order valence-electron chi connectivity index (χ1n) is 13.0. The molecule has 1 atom stereocenters. The van der Waals surface area contributed by atoms with Gasteiger partial charge >= 0.3 is 0 Å².